The highest BCUT2D eigenvalue weighted by Crippen LogP contribution is 2.39. The Balaban J connectivity index is 3.32. The first-order valence-corrected chi connectivity index (χ1v) is 9.15. The second-order valence-electron chi connectivity index (χ2n) is 5.93. The van der Waals surface area contributed by atoms with Crippen LogP contribution in [0.3, 0.4) is 0 Å². The zero-order valence-electron chi connectivity index (χ0n) is 11.7. The fourth-order valence-electron chi connectivity index (χ4n) is 1.27. The van der Waals surface area contributed by atoms with Crippen molar-refractivity contribution in [2.45, 2.75) is 38.9 Å². The molecule has 106 valence electrons. The van der Waals surface area contributed by atoms with E-state index in [0.29, 0.717) is 0 Å². The molecule has 1 aromatic rings. The van der Waals surface area contributed by atoms with Crippen LogP contribution in [-0.4, -0.2) is 19.4 Å². The predicted octanol–water partition coefficient (Wildman–Crippen LogP) is 4.56. The first-order chi connectivity index (χ1) is 8.45. The monoisotopic (exact) mass is 304 g/mol. The molecule has 1 rings (SSSR count). The third kappa shape index (κ3) is 3.48. The van der Waals surface area contributed by atoms with Crippen molar-refractivity contribution in [3.63, 3.8) is 0 Å². The van der Waals surface area contributed by atoms with Crippen LogP contribution in [0, 0.1) is 5.82 Å². The van der Waals surface area contributed by atoms with Gasteiger partial charge in [0.1, 0.15) is 17.1 Å². The van der Waals surface area contributed by atoms with Crippen LogP contribution < -0.4 is 4.43 Å². The van der Waals surface area contributed by atoms with Gasteiger partial charge in [0.05, 0.1) is 0 Å². The Hall–Kier alpha value is -1.07. The van der Waals surface area contributed by atoms with Crippen molar-refractivity contribution in [2.24, 2.45) is 0 Å². The van der Waals surface area contributed by atoms with E-state index in [2.05, 4.69) is 0 Å². The molecule has 0 atom stereocenters. The van der Waals surface area contributed by atoms with Crippen molar-refractivity contribution in [1.29, 1.82) is 0 Å². The van der Waals surface area contributed by atoms with E-state index in [1.807, 2.05) is 33.9 Å². The number of halogens is 2. The standard InChI is InChI=1S/C13H18ClFO3Si/c1-13(2,3)19(4,5)18-10-7-8(14)6-9(15)11(10)12(16)17/h6-7H,1-5H3,(H,16,17). The molecular weight excluding hydrogens is 287 g/mol. The maximum Gasteiger partial charge on any atom is 0.342 e. The van der Waals surface area contributed by atoms with E-state index in [-0.39, 0.29) is 15.8 Å². The van der Waals surface area contributed by atoms with E-state index in [1.54, 1.807) is 0 Å². The molecule has 0 heterocycles. The summed E-state index contributed by atoms with van der Waals surface area (Å²) in [5, 5.41) is 9.09. The fraction of sp³-hybridized carbons (Fsp3) is 0.462. The molecule has 0 saturated carbocycles. The molecule has 6 heteroatoms. The molecule has 1 N–H and O–H groups in total. The van der Waals surface area contributed by atoms with Crippen molar-refractivity contribution in [2.75, 3.05) is 0 Å². The normalized spacial score (nSPS) is 12.4. The van der Waals surface area contributed by atoms with Gasteiger partial charge in [-0.25, -0.2) is 9.18 Å². The number of carbonyl (C=O) groups is 1. The summed E-state index contributed by atoms with van der Waals surface area (Å²) in [4.78, 5) is 11.1. The molecule has 0 aromatic heterocycles. The Kier molecular flexibility index (Phi) is 4.32. The summed E-state index contributed by atoms with van der Waals surface area (Å²) in [6.07, 6.45) is 0. The van der Waals surface area contributed by atoms with Crippen LogP contribution in [0.2, 0.25) is 23.2 Å². The maximum absolute atomic E-state index is 13.7. The third-order valence-corrected chi connectivity index (χ3v) is 7.96. The Labute approximate surface area is 118 Å². The van der Waals surface area contributed by atoms with E-state index in [9.17, 15) is 9.18 Å². The summed E-state index contributed by atoms with van der Waals surface area (Å²) in [6, 6.07) is 2.33. The zero-order valence-corrected chi connectivity index (χ0v) is 13.4. The number of rotatable bonds is 3. The van der Waals surface area contributed by atoms with Gasteiger partial charge in [-0.2, -0.15) is 0 Å². The van der Waals surface area contributed by atoms with Gasteiger partial charge in [-0.05, 0) is 30.3 Å². The lowest BCUT2D eigenvalue weighted by Crippen LogP contribution is -2.44. The molecule has 0 spiro atoms. The maximum atomic E-state index is 13.7. The van der Waals surface area contributed by atoms with Crippen LogP contribution in [0.25, 0.3) is 0 Å². The molecule has 19 heavy (non-hydrogen) atoms. The minimum Gasteiger partial charge on any atom is -0.543 e. The van der Waals surface area contributed by atoms with Gasteiger partial charge in [-0.15, -0.1) is 0 Å². The molecule has 3 nitrogen and oxygen atoms in total. The summed E-state index contributed by atoms with van der Waals surface area (Å²) in [5.41, 5.74) is -0.464. The molecule has 0 aliphatic carbocycles. The molecule has 0 saturated heterocycles. The lowest BCUT2D eigenvalue weighted by atomic mass is 10.2. The van der Waals surface area contributed by atoms with Crippen molar-refractivity contribution in [3.05, 3.63) is 28.5 Å². The number of carboxylic acid groups (broad SMARTS) is 1. The van der Waals surface area contributed by atoms with Crippen LogP contribution in [0.1, 0.15) is 31.1 Å². The third-order valence-electron chi connectivity index (χ3n) is 3.40. The van der Waals surface area contributed by atoms with Crippen LogP contribution in [0.15, 0.2) is 12.1 Å². The van der Waals surface area contributed by atoms with Gasteiger partial charge >= 0.3 is 5.97 Å². The van der Waals surface area contributed by atoms with E-state index < -0.39 is 25.7 Å². The van der Waals surface area contributed by atoms with E-state index in [0.717, 1.165) is 6.07 Å². The highest BCUT2D eigenvalue weighted by Gasteiger charge is 2.40. The zero-order chi connectivity index (χ0) is 15.0. The van der Waals surface area contributed by atoms with Crippen molar-refractivity contribution < 1.29 is 18.7 Å². The minimum atomic E-state index is -2.26. The number of aromatic carboxylic acids is 1. The van der Waals surface area contributed by atoms with Crippen LogP contribution in [0.4, 0.5) is 4.39 Å². The quantitative estimate of drug-likeness (QED) is 0.833. The van der Waals surface area contributed by atoms with Gasteiger partial charge in [0, 0.05) is 5.02 Å². The molecule has 0 aliphatic heterocycles. The summed E-state index contributed by atoms with van der Waals surface area (Å²) in [6.45, 7) is 9.95. The molecule has 0 unspecified atom stereocenters. The van der Waals surface area contributed by atoms with E-state index in [1.165, 1.54) is 6.07 Å². The molecule has 0 aliphatic rings. The lowest BCUT2D eigenvalue weighted by Gasteiger charge is -2.36. The fourth-order valence-corrected chi connectivity index (χ4v) is 2.48. The smallest absolute Gasteiger partial charge is 0.342 e. The largest absolute Gasteiger partial charge is 0.543 e. The van der Waals surface area contributed by atoms with Gasteiger partial charge in [0.2, 0.25) is 0 Å². The molecule has 0 bridgehead atoms. The van der Waals surface area contributed by atoms with Crippen molar-refractivity contribution in [3.8, 4) is 5.75 Å². The minimum absolute atomic E-state index is 0.00379. The molecule has 0 fully saturated rings. The van der Waals surface area contributed by atoms with E-state index in [4.69, 9.17) is 21.1 Å². The summed E-state index contributed by atoms with van der Waals surface area (Å²) < 4.78 is 19.6. The van der Waals surface area contributed by atoms with Gasteiger partial charge in [0.15, 0.2) is 0 Å². The van der Waals surface area contributed by atoms with Gasteiger partial charge in [-0.1, -0.05) is 32.4 Å². The Morgan fingerprint density at radius 2 is 1.89 bits per heavy atom. The Bertz CT molecular complexity index is 509. The average Bonchev–Trinajstić information content (AvgIpc) is 2.12. The Morgan fingerprint density at radius 1 is 1.37 bits per heavy atom. The predicted molar refractivity (Wildman–Crippen MR) is 76.2 cm³/mol. The second kappa shape index (κ2) is 5.13. The van der Waals surface area contributed by atoms with Gasteiger partial charge in [0.25, 0.3) is 8.32 Å². The summed E-state index contributed by atoms with van der Waals surface area (Å²) >= 11 is 5.77. The number of benzene rings is 1. The second-order valence-corrected chi connectivity index (χ2v) is 11.1. The van der Waals surface area contributed by atoms with Gasteiger partial charge in [-0.3, -0.25) is 0 Å². The van der Waals surface area contributed by atoms with Crippen molar-refractivity contribution >= 4 is 25.9 Å². The highest BCUT2D eigenvalue weighted by atomic mass is 35.5. The Morgan fingerprint density at radius 3 is 2.32 bits per heavy atom. The number of carboxylic acids is 1. The first kappa shape index (κ1) is 16.0. The van der Waals surface area contributed by atoms with E-state index >= 15 is 0 Å². The van der Waals surface area contributed by atoms with Crippen LogP contribution in [0.5, 0.6) is 5.75 Å². The summed E-state index contributed by atoms with van der Waals surface area (Å²) in [5.74, 6) is -2.24. The summed E-state index contributed by atoms with van der Waals surface area (Å²) in [7, 11) is -2.26. The molecule has 0 radical (unpaired) electrons. The first-order valence-electron chi connectivity index (χ1n) is 5.87. The van der Waals surface area contributed by atoms with Crippen molar-refractivity contribution in [1.82, 2.24) is 0 Å². The number of hydrogen-bond acceptors (Lipinski definition) is 2. The SMILES string of the molecule is CC(C)(C)[Si](C)(C)Oc1cc(Cl)cc(F)c1C(=O)O. The van der Waals surface area contributed by atoms with Crippen LogP contribution >= 0.6 is 11.6 Å². The number of hydrogen-bond donors (Lipinski definition) is 1. The van der Waals surface area contributed by atoms with Gasteiger partial charge < -0.3 is 9.53 Å². The molecule has 0 amide bonds. The molecular formula is C13H18ClFO3Si. The highest BCUT2D eigenvalue weighted by molar-refractivity contribution is 6.74. The molecule has 1 aromatic carbocycles. The topological polar surface area (TPSA) is 46.5 Å². The average molecular weight is 305 g/mol. The lowest BCUT2D eigenvalue weighted by molar-refractivity contribution is 0.0689. The van der Waals surface area contributed by atoms with Crippen LogP contribution in [-0.2, 0) is 0 Å².